The molecule has 0 aliphatic heterocycles. The van der Waals surface area contributed by atoms with Crippen molar-refractivity contribution in [3.05, 3.63) is 39.9 Å². The molecule has 7 nitrogen and oxygen atoms in total. The van der Waals surface area contributed by atoms with Crippen LogP contribution in [0.1, 0.15) is 37.0 Å². The first kappa shape index (κ1) is 15.6. The largest absolute Gasteiger partial charge is 0.480 e. The zero-order chi connectivity index (χ0) is 15.3. The fourth-order valence-corrected chi connectivity index (χ4v) is 1.87. The second-order valence-electron chi connectivity index (χ2n) is 4.62. The molecule has 20 heavy (non-hydrogen) atoms. The van der Waals surface area contributed by atoms with Crippen LogP contribution < -0.4 is 5.32 Å². The van der Waals surface area contributed by atoms with Gasteiger partial charge in [0.1, 0.15) is 11.1 Å². The number of carboxylic acid groups (broad SMARTS) is 1. The number of nitrogens with one attached hydrogen (secondary N) is 1. The van der Waals surface area contributed by atoms with Crippen molar-refractivity contribution in [1.29, 1.82) is 0 Å². The molecule has 0 aliphatic rings. The summed E-state index contributed by atoms with van der Waals surface area (Å²) < 4.78 is 0. The lowest BCUT2D eigenvalue weighted by Crippen LogP contribution is -2.52. The van der Waals surface area contributed by atoms with Gasteiger partial charge in [-0.2, -0.15) is 0 Å². The fraction of sp³-hybridized carbons (Fsp3) is 0.385. The molecule has 0 saturated carbocycles. The number of nitro groups is 1. The third kappa shape index (κ3) is 3.31. The Kier molecular flexibility index (Phi) is 4.79. The molecule has 0 radical (unpaired) electrons. The molecule has 0 saturated heterocycles. The molecule has 0 fully saturated rings. The Hall–Kier alpha value is -2.44. The summed E-state index contributed by atoms with van der Waals surface area (Å²) in [5, 5.41) is 22.4. The number of carboxylic acids is 1. The Bertz CT molecular complexity index is 543. The molecule has 0 aliphatic carbocycles. The molecule has 0 bridgehead atoms. The van der Waals surface area contributed by atoms with E-state index in [9.17, 15) is 24.8 Å². The van der Waals surface area contributed by atoms with Gasteiger partial charge in [-0.3, -0.25) is 14.9 Å². The maximum atomic E-state index is 12.1. The van der Waals surface area contributed by atoms with Crippen LogP contribution in [0.3, 0.4) is 0 Å². The first-order valence-electron chi connectivity index (χ1n) is 6.11. The van der Waals surface area contributed by atoms with Crippen molar-refractivity contribution in [2.75, 3.05) is 0 Å². The highest BCUT2D eigenvalue weighted by Gasteiger charge is 2.35. The number of benzene rings is 1. The van der Waals surface area contributed by atoms with Crippen LogP contribution in [-0.2, 0) is 4.79 Å². The predicted octanol–water partition coefficient (Wildman–Crippen LogP) is 1.97. The van der Waals surface area contributed by atoms with E-state index in [-0.39, 0.29) is 17.7 Å². The third-order valence-electron chi connectivity index (χ3n) is 2.96. The maximum Gasteiger partial charge on any atom is 0.329 e. The minimum absolute atomic E-state index is 0.152. The molecule has 1 rings (SSSR count). The number of nitrogens with zero attached hydrogens (tertiary/aromatic N) is 1. The number of amides is 1. The molecule has 7 heteroatoms. The standard InChI is InChI=1S/C13H16N2O5/c1-3-8-13(2,12(17)18)14-11(16)9-6-4-5-7-10(9)15(19)20/h4-7H,3,8H2,1-2H3,(H,14,16)(H,17,18). The van der Waals surface area contributed by atoms with Crippen LogP contribution in [0.15, 0.2) is 24.3 Å². The molecule has 1 atom stereocenters. The van der Waals surface area contributed by atoms with Crippen LogP contribution in [0.2, 0.25) is 0 Å². The van der Waals surface area contributed by atoms with Crippen molar-refractivity contribution in [1.82, 2.24) is 5.32 Å². The van der Waals surface area contributed by atoms with E-state index >= 15 is 0 Å². The van der Waals surface area contributed by atoms with Gasteiger partial charge in [0, 0.05) is 6.07 Å². The number of para-hydroxylation sites is 1. The molecule has 0 spiro atoms. The van der Waals surface area contributed by atoms with Crippen LogP contribution in [-0.4, -0.2) is 27.4 Å². The van der Waals surface area contributed by atoms with E-state index in [1.807, 2.05) is 0 Å². The molecule has 1 aromatic carbocycles. The average Bonchev–Trinajstić information content (AvgIpc) is 2.38. The molecule has 1 unspecified atom stereocenters. The van der Waals surface area contributed by atoms with E-state index in [1.54, 1.807) is 6.92 Å². The highest BCUT2D eigenvalue weighted by Crippen LogP contribution is 2.20. The highest BCUT2D eigenvalue weighted by atomic mass is 16.6. The summed E-state index contributed by atoms with van der Waals surface area (Å²) in [6, 6.07) is 5.42. The van der Waals surface area contributed by atoms with E-state index < -0.39 is 22.3 Å². The Morgan fingerprint density at radius 2 is 2.00 bits per heavy atom. The molecule has 0 heterocycles. The van der Waals surface area contributed by atoms with Crippen LogP contribution in [0.4, 0.5) is 5.69 Å². The number of carbonyl (C=O) groups is 2. The number of hydrogen-bond donors (Lipinski definition) is 2. The minimum atomic E-state index is -1.45. The van der Waals surface area contributed by atoms with Gasteiger partial charge in [-0.05, 0) is 19.4 Å². The van der Waals surface area contributed by atoms with Crippen molar-refractivity contribution in [2.24, 2.45) is 0 Å². The van der Waals surface area contributed by atoms with E-state index in [4.69, 9.17) is 0 Å². The summed E-state index contributed by atoms with van der Waals surface area (Å²) in [5.41, 5.74) is -1.95. The van der Waals surface area contributed by atoms with Gasteiger partial charge in [0.05, 0.1) is 4.92 Å². The smallest absolute Gasteiger partial charge is 0.329 e. The zero-order valence-electron chi connectivity index (χ0n) is 11.3. The SMILES string of the molecule is CCCC(C)(NC(=O)c1ccccc1[N+](=O)[O-])C(=O)O. The lowest BCUT2D eigenvalue weighted by Gasteiger charge is -2.25. The first-order valence-corrected chi connectivity index (χ1v) is 6.11. The monoisotopic (exact) mass is 280 g/mol. The second kappa shape index (κ2) is 6.14. The van der Waals surface area contributed by atoms with Gasteiger partial charge in [-0.25, -0.2) is 4.79 Å². The number of rotatable bonds is 6. The number of aliphatic carboxylic acids is 1. The van der Waals surface area contributed by atoms with Gasteiger partial charge in [0.15, 0.2) is 0 Å². The quantitative estimate of drug-likeness (QED) is 0.611. The van der Waals surface area contributed by atoms with E-state index in [0.29, 0.717) is 6.42 Å². The summed E-state index contributed by atoms with van der Waals surface area (Å²) in [7, 11) is 0. The lowest BCUT2D eigenvalue weighted by atomic mass is 9.95. The normalized spacial score (nSPS) is 13.3. The van der Waals surface area contributed by atoms with Gasteiger partial charge < -0.3 is 10.4 Å². The minimum Gasteiger partial charge on any atom is -0.480 e. The summed E-state index contributed by atoms with van der Waals surface area (Å²) in [4.78, 5) is 33.5. The number of hydrogen-bond acceptors (Lipinski definition) is 4. The molecule has 108 valence electrons. The van der Waals surface area contributed by atoms with Gasteiger partial charge in [-0.1, -0.05) is 25.5 Å². The van der Waals surface area contributed by atoms with Crippen molar-refractivity contribution in [3.8, 4) is 0 Å². The van der Waals surface area contributed by atoms with Crippen LogP contribution >= 0.6 is 0 Å². The second-order valence-corrected chi connectivity index (χ2v) is 4.62. The Morgan fingerprint density at radius 1 is 1.40 bits per heavy atom. The summed E-state index contributed by atoms with van der Waals surface area (Å²) >= 11 is 0. The number of carbonyl (C=O) groups excluding carboxylic acids is 1. The average molecular weight is 280 g/mol. The summed E-state index contributed by atoms with van der Waals surface area (Å²) in [5.74, 6) is -1.94. The van der Waals surface area contributed by atoms with Crippen molar-refractivity contribution in [3.63, 3.8) is 0 Å². The zero-order valence-corrected chi connectivity index (χ0v) is 11.3. The van der Waals surface area contributed by atoms with Crippen LogP contribution in [0.25, 0.3) is 0 Å². The third-order valence-corrected chi connectivity index (χ3v) is 2.96. The first-order chi connectivity index (χ1) is 9.31. The molecule has 2 N–H and O–H groups in total. The maximum absolute atomic E-state index is 12.1. The van der Waals surface area contributed by atoms with Crippen molar-refractivity contribution in [2.45, 2.75) is 32.2 Å². The molecule has 0 aromatic heterocycles. The predicted molar refractivity (Wildman–Crippen MR) is 71.5 cm³/mol. The molecule has 1 aromatic rings. The van der Waals surface area contributed by atoms with E-state index in [0.717, 1.165) is 0 Å². The van der Waals surface area contributed by atoms with Crippen LogP contribution in [0.5, 0.6) is 0 Å². The van der Waals surface area contributed by atoms with Gasteiger partial charge in [0.2, 0.25) is 0 Å². The van der Waals surface area contributed by atoms with Gasteiger partial charge in [-0.15, -0.1) is 0 Å². The molecule has 1 amide bonds. The fourth-order valence-electron chi connectivity index (χ4n) is 1.87. The lowest BCUT2D eigenvalue weighted by molar-refractivity contribution is -0.385. The highest BCUT2D eigenvalue weighted by molar-refractivity contribution is 6.00. The Morgan fingerprint density at radius 3 is 2.50 bits per heavy atom. The Balaban J connectivity index is 3.07. The van der Waals surface area contributed by atoms with E-state index in [1.165, 1.54) is 31.2 Å². The van der Waals surface area contributed by atoms with Crippen LogP contribution in [0, 0.1) is 10.1 Å². The summed E-state index contributed by atoms with van der Waals surface area (Å²) in [6.07, 6.45) is 0.786. The molecular weight excluding hydrogens is 264 g/mol. The number of nitro benzene ring substituents is 1. The van der Waals surface area contributed by atoms with Gasteiger partial charge >= 0.3 is 5.97 Å². The van der Waals surface area contributed by atoms with Crippen molar-refractivity contribution < 1.29 is 19.6 Å². The molecular formula is C13H16N2O5. The van der Waals surface area contributed by atoms with Gasteiger partial charge in [0.25, 0.3) is 11.6 Å². The van der Waals surface area contributed by atoms with E-state index in [2.05, 4.69) is 5.32 Å². The topological polar surface area (TPSA) is 110 Å². The summed E-state index contributed by atoms with van der Waals surface area (Å²) in [6.45, 7) is 3.17. The van der Waals surface area contributed by atoms with Crippen molar-refractivity contribution >= 4 is 17.6 Å². The Labute approximate surface area is 115 Å².